The van der Waals surface area contributed by atoms with Crippen molar-refractivity contribution in [3.63, 3.8) is 0 Å². The summed E-state index contributed by atoms with van der Waals surface area (Å²) in [6, 6.07) is 13.6. The zero-order chi connectivity index (χ0) is 21.6. The number of hydrogen-bond acceptors (Lipinski definition) is 5. The van der Waals surface area contributed by atoms with Gasteiger partial charge < -0.3 is 9.84 Å². The zero-order valence-corrected chi connectivity index (χ0v) is 17.1. The number of pyridine rings is 1. The highest BCUT2D eigenvalue weighted by Gasteiger charge is 2.27. The van der Waals surface area contributed by atoms with E-state index in [1.54, 1.807) is 30.6 Å². The molecule has 0 radical (unpaired) electrons. The Morgan fingerprint density at radius 1 is 1.07 bits per heavy atom. The molecule has 156 valence electrons. The Hall–Kier alpha value is -3.23. The first-order chi connectivity index (χ1) is 14.5. The van der Waals surface area contributed by atoms with Crippen LogP contribution in [-0.2, 0) is 10.0 Å². The second-order valence-electron chi connectivity index (χ2n) is 6.26. The Morgan fingerprint density at radius 2 is 1.77 bits per heavy atom. The molecule has 30 heavy (non-hydrogen) atoms. The Balaban J connectivity index is 2.07. The normalized spacial score (nSPS) is 11.6. The zero-order valence-electron chi connectivity index (χ0n) is 16.3. The van der Waals surface area contributed by atoms with Gasteiger partial charge in [-0.3, -0.25) is 9.29 Å². The number of hydrogen-bond donors (Lipinski definition) is 1. The highest BCUT2D eigenvalue weighted by molar-refractivity contribution is 7.92. The fourth-order valence-corrected chi connectivity index (χ4v) is 4.37. The molecule has 0 aliphatic carbocycles. The molecular formula is C22H21FN2O4S. The number of methoxy groups -OCH3 is 1. The summed E-state index contributed by atoms with van der Waals surface area (Å²) >= 11 is 0. The summed E-state index contributed by atoms with van der Waals surface area (Å²) in [5.74, 6) is -0.0694. The summed E-state index contributed by atoms with van der Waals surface area (Å²) in [6.45, 7) is -0.659. The van der Waals surface area contributed by atoms with Gasteiger partial charge in [-0.2, -0.15) is 0 Å². The van der Waals surface area contributed by atoms with Gasteiger partial charge in [0.05, 0.1) is 30.8 Å². The molecule has 1 N–H and O–H groups in total. The van der Waals surface area contributed by atoms with Crippen molar-refractivity contribution in [1.29, 1.82) is 0 Å². The summed E-state index contributed by atoms with van der Waals surface area (Å²) in [7, 11) is -2.57. The van der Waals surface area contributed by atoms with Gasteiger partial charge in [-0.15, -0.1) is 0 Å². The SMILES string of the molecule is COc1ccc(S(=O)(=O)N(CCO)c2cccc(F)c2/C=C/c2ccncc2)cc1. The molecule has 0 spiro atoms. The molecule has 0 aliphatic heterocycles. The minimum absolute atomic E-state index is 0.00470. The van der Waals surface area contributed by atoms with Crippen LogP contribution in [0.15, 0.2) is 71.9 Å². The van der Waals surface area contributed by atoms with E-state index < -0.39 is 22.4 Å². The number of aliphatic hydroxyl groups is 1. The second-order valence-corrected chi connectivity index (χ2v) is 8.13. The quantitative estimate of drug-likeness (QED) is 0.593. The number of rotatable bonds is 8. The third kappa shape index (κ3) is 4.67. The van der Waals surface area contributed by atoms with Gasteiger partial charge in [0.25, 0.3) is 10.0 Å². The molecule has 8 heteroatoms. The number of sulfonamides is 1. The average Bonchev–Trinajstić information content (AvgIpc) is 2.77. The molecule has 1 aromatic heterocycles. The first kappa shape index (κ1) is 21.5. The van der Waals surface area contributed by atoms with Crippen LogP contribution in [0.5, 0.6) is 5.75 Å². The van der Waals surface area contributed by atoms with Crippen molar-refractivity contribution in [2.24, 2.45) is 0 Å². The predicted octanol–water partition coefficient (Wildman–Crippen LogP) is 3.59. The van der Waals surface area contributed by atoms with E-state index >= 15 is 0 Å². The maximum atomic E-state index is 14.7. The smallest absolute Gasteiger partial charge is 0.264 e. The summed E-state index contributed by atoms with van der Waals surface area (Å²) in [5, 5.41) is 9.51. The van der Waals surface area contributed by atoms with E-state index in [1.165, 1.54) is 55.7 Å². The van der Waals surface area contributed by atoms with E-state index in [0.29, 0.717) is 5.75 Å². The minimum Gasteiger partial charge on any atom is -0.497 e. The molecule has 0 saturated heterocycles. The van der Waals surface area contributed by atoms with Crippen LogP contribution in [0.4, 0.5) is 10.1 Å². The van der Waals surface area contributed by atoms with Crippen LogP contribution in [0.3, 0.4) is 0 Å². The van der Waals surface area contributed by atoms with Gasteiger partial charge in [0, 0.05) is 18.0 Å². The number of ether oxygens (including phenoxy) is 1. The third-order valence-electron chi connectivity index (χ3n) is 4.40. The van der Waals surface area contributed by atoms with E-state index in [9.17, 15) is 17.9 Å². The number of benzene rings is 2. The topological polar surface area (TPSA) is 79.7 Å². The summed E-state index contributed by atoms with van der Waals surface area (Å²) in [5.41, 5.74) is 1.01. The molecule has 3 aromatic rings. The van der Waals surface area contributed by atoms with Crippen molar-refractivity contribution in [1.82, 2.24) is 4.98 Å². The Labute approximate surface area is 174 Å². The van der Waals surface area contributed by atoms with Gasteiger partial charge in [-0.1, -0.05) is 12.1 Å². The summed E-state index contributed by atoms with van der Waals surface area (Å²) < 4.78 is 47.3. The van der Waals surface area contributed by atoms with E-state index in [1.807, 2.05) is 0 Å². The Kier molecular flexibility index (Phi) is 6.81. The lowest BCUT2D eigenvalue weighted by Gasteiger charge is -2.25. The van der Waals surface area contributed by atoms with E-state index in [-0.39, 0.29) is 22.7 Å². The molecule has 3 rings (SSSR count). The van der Waals surface area contributed by atoms with Crippen molar-refractivity contribution in [3.8, 4) is 5.75 Å². The van der Waals surface area contributed by atoms with Crippen molar-refractivity contribution in [3.05, 3.63) is 83.9 Å². The highest BCUT2D eigenvalue weighted by atomic mass is 32.2. The third-order valence-corrected chi connectivity index (χ3v) is 6.23. The lowest BCUT2D eigenvalue weighted by Crippen LogP contribution is -2.34. The molecule has 1 heterocycles. The van der Waals surface area contributed by atoms with Crippen molar-refractivity contribution in [2.75, 3.05) is 24.6 Å². The fraction of sp³-hybridized carbons (Fsp3) is 0.136. The molecule has 0 saturated carbocycles. The first-order valence-electron chi connectivity index (χ1n) is 9.11. The summed E-state index contributed by atoms with van der Waals surface area (Å²) in [4.78, 5) is 3.94. The highest BCUT2D eigenvalue weighted by Crippen LogP contribution is 2.30. The van der Waals surface area contributed by atoms with Crippen LogP contribution in [0.1, 0.15) is 11.1 Å². The Bertz CT molecular complexity index is 1120. The van der Waals surface area contributed by atoms with Crippen LogP contribution in [0, 0.1) is 5.82 Å². The maximum absolute atomic E-state index is 14.7. The number of aromatic nitrogens is 1. The van der Waals surface area contributed by atoms with E-state index in [4.69, 9.17) is 4.74 Å². The standard InChI is InChI=1S/C22H21FN2O4S/c1-29-18-6-8-19(9-7-18)30(27,28)25(15-16-26)22-4-2-3-21(23)20(22)10-5-17-11-13-24-14-12-17/h2-14,26H,15-16H2,1H3/b10-5+. The number of anilines is 1. The molecule has 0 amide bonds. The molecule has 2 aromatic carbocycles. The molecule has 0 unspecified atom stereocenters. The molecular weight excluding hydrogens is 407 g/mol. The van der Waals surface area contributed by atoms with E-state index in [2.05, 4.69) is 4.98 Å². The number of aliphatic hydroxyl groups excluding tert-OH is 1. The fourth-order valence-electron chi connectivity index (χ4n) is 2.90. The van der Waals surface area contributed by atoms with Gasteiger partial charge in [-0.05, 0) is 60.2 Å². The monoisotopic (exact) mass is 428 g/mol. The molecule has 0 bridgehead atoms. The van der Waals surface area contributed by atoms with Crippen molar-refractivity contribution in [2.45, 2.75) is 4.90 Å². The summed E-state index contributed by atoms with van der Waals surface area (Å²) in [6.07, 6.45) is 6.39. The van der Waals surface area contributed by atoms with Crippen LogP contribution in [-0.4, -0.2) is 38.8 Å². The van der Waals surface area contributed by atoms with Gasteiger partial charge in [0.2, 0.25) is 0 Å². The Morgan fingerprint density at radius 3 is 2.40 bits per heavy atom. The van der Waals surface area contributed by atoms with Crippen LogP contribution in [0.2, 0.25) is 0 Å². The van der Waals surface area contributed by atoms with Gasteiger partial charge in [-0.25, -0.2) is 12.8 Å². The molecule has 0 aliphatic rings. The van der Waals surface area contributed by atoms with Gasteiger partial charge in [0.1, 0.15) is 11.6 Å². The van der Waals surface area contributed by atoms with Gasteiger partial charge in [0.15, 0.2) is 0 Å². The van der Waals surface area contributed by atoms with Crippen LogP contribution in [0.25, 0.3) is 12.2 Å². The molecule has 0 atom stereocenters. The number of nitrogens with zero attached hydrogens (tertiary/aromatic N) is 2. The number of halogens is 1. The largest absolute Gasteiger partial charge is 0.497 e. The van der Waals surface area contributed by atoms with E-state index in [0.717, 1.165) is 9.87 Å². The molecule has 6 nitrogen and oxygen atoms in total. The van der Waals surface area contributed by atoms with Gasteiger partial charge >= 0.3 is 0 Å². The van der Waals surface area contributed by atoms with Crippen molar-refractivity contribution < 1.29 is 22.7 Å². The molecule has 0 fully saturated rings. The average molecular weight is 428 g/mol. The minimum atomic E-state index is -4.06. The van der Waals surface area contributed by atoms with Crippen LogP contribution < -0.4 is 9.04 Å². The maximum Gasteiger partial charge on any atom is 0.264 e. The predicted molar refractivity (Wildman–Crippen MR) is 114 cm³/mol. The van der Waals surface area contributed by atoms with Crippen molar-refractivity contribution >= 4 is 27.9 Å². The lowest BCUT2D eigenvalue weighted by atomic mass is 10.1. The second kappa shape index (κ2) is 9.51. The first-order valence-corrected chi connectivity index (χ1v) is 10.6. The van der Waals surface area contributed by atoms with Crippen LogP contribution >= 0.6 is 0 Å². The lowest BCUT2D eigenvalue weighted by molar-refractivity contribution is 0.306.